The van der Waals surface area contributed by atoms with Crippen molar-refractivity contribution in [1.29, 1.82) is 0 Å². The second kappa shape index (κ2) is 6.88. The molecular formula is C14H21N3O3. The van der Waals surface area contributed by atoms with Gasteiger partial charge in [0.1, 0.15) is 0 Å². The van der Waals surface area contributed by atoms with Crippen molar-refractivity contribution in [1.82, 2.24) is 10.3 Å². The first kappa shape index (κ1) is 15.9. The highest BCUT2D eigenvalue weighted by molar-refractivity contribution is 5.98. The van der Waals surface area contributed by atoms with Crippen LogP contribution in [0.2, 0.25) is 0 Å². The lowest BCUT2D eigenvalue weighted by atomic mass is 9.90. The molecule has 0 aromatic carbocycles. The highest BCUT2D eigenvalue weighted by atomic mass is 16.4. The smallest absolute Gasteiger partial charge is 0.356 e. The van der Waals surface area contributed by atoms with E-state index in [9.17, 15) is 9.59 Å². The van der Waals surface area contributed by atoms with Crippen LogP contribution in [0.15, 0.2) is 18.3 Å². The Hall–Kier alpha value is -2.11. The predicted molar refractivity (Wildman–Crippen MR) is 77.0 cm³/mol. The van der Waals surface area contributed by atoms with Crippen LogP contribution >= 0.6 is 0 Å². The summed E-state index contributed by atoms with van der Waals surface area (Å²) in [7, 11) is 0. The van der Waals surface area contributed by atoms with Crippen LogP contribution in [0.1, 0.15) is 50.5 Å². The van der Waals surface area contributed by atoms with Crippen molar-refractivity contribution in [2.75, 3.05) is 5.32 Å². The van der Waals surface area contributed by atoms with E-state index in [0.29, 0.717) is 0 Å². The number of carboxylic acids is 1. The highest BCUT2D eigenvalue weighted by Gasteiger charge is 2.26. The van der Waals surface area contributed by atoms with Gasteiger partial charge in [0, 0.05) is 11.7 Å². The van der Waals surface area contributed by atoms with Gasteiger partial charge in [-0.05, 0) is 31.4 Å². The van der Waals surface area contributed by atoms with Crippen LogP contribution in [0.5, 0.6) is 0 Å². The molecule has 0 radical (unpaired) electrons. The average Bonchev–Trinajstić information content (AvgIpc) is 2.45. The fourth-order valence-corrected chi connectivity index (χ4v) is 2.09. The van der Waals surface area contributed by atoms with Crippen molar-refractivity contribution in [2.45, 2.75) is 45.6 Å². The number of anilines is 1. The van der Waals surface area contributed by atoms with Gasteiger partial charge in [0.25, 0.3) is 0 Å². The molecule has 0 aliphatic carbocycles. The van der Waals surface area contributed by atoms with Crippen molar-refractivity contribution in [3.63, 3.8) is 0 Å². The zero-order valence-electron chi connectivity index (χ0n) is 12.1. The number of carbonyl (C=O) groups is 2. The lowest BCUT2D eigenvalue weighted by Crippen LogP contribution is -2.49. The Morgan fingerprint density at radius 1 is 1.25 bits per heavy atom. The summed E-state index contributed by atoms with van der Waals surface area (Å²) >= 11 is 0. The average molecular weight is 279 g/mol. The van der Waals surface area contributed by atoms with E-state index in [-0.39, 0.29) is 16.9 Å². The Morgan fingerprint density at radius 2 is 1.85 bits per heavy atom. The van der Waals surface area contributed by atoms with Crippen LogP contribution < -0.4 is 10.6 Å². The van der Waals surface area contributed by atoms with E-state index >= 15 is 0 Å². The van der Waals surface area contributed by atoms with Gasteiger partial charge in [-0.15, -0.1) is 0 Å². The molecule has 0 unspecified atom stereocenters. The van der Waals surface area contributed by atoms with Gasteiger partial charge in [-0.1, -0.05) is 20.8 Å². The first-order valence-electron chi connectivity index (χ1n) is 6.75. The third kappa shape index (κ3) is 3.69. The van der Waals surface area contributed by atoms with Crippen molar-refractivity contribution >= 4 is 17.7 Å². The van der Waals surface area contributed by atoms with E-state index in [1.54, 1.807) is 6.07 Å². The number of hydrogen-bond donors (Lipinski definition) is 3. The molecule has 0 spiro atoms. The number of carboxylic acid groups (broad SMARTS) is 1. The summed E-state index contributed by atoms with van der Waals surface area (Å²) in [4.78, 5) is 26.8. The molecule has 0 saturated heterocycles. The van der Waals surface area contributed by atoms with Gasteiger partial charge >= 0.3 is 12.0 Å². The molecule has 0 atom stereocenters. The summed E-state index contributed by atoms with van der Waals surface area (Å²) in [6, 6.07) is 2.68. The molecule has 0 saturated carbocycles. The van der Waals surface area contributed by atoms with Gasteiger partial charge in [0.15, 0.2) is 5.69 Å². The molecule has 110 valence electrons. The van der Waals surface area contributed by atoms with Gasteiger partial charge in [0.05, 0.1) is 5.69 Å². The van der Waals surface area contributed by atoms with Gasteiger partial charge in [-0.25, -0.2) is 14.6 Å². The molecule has 0 aliphatic rings. The maximum Gasteiger partial charge on any atom is 0.356 e. The minimum absolute atomic E-state index is 0.169. The Kier molecular flexibility index (Phi) is 5.49. The van der Waals surface area contributed by atoms with Crippen LogP contribution in [0.25, 0.3) is 0 Å². The van der Waals surface area contributed by atoms with Crippen molar-refractivity contribution < 1.29 is 14.7 Å². The van der Waals surface area contributed by atoms with Gasteiger partial charge in [-0.3, -0.25) is 0 Å². The number of aromatic carboxylic acids is 1. The molecular weight excluding hydrogens is 258 g/mol. The molecule has 20 heavy (non-hydrogen) atoms. The summed E-state index contributed by atoms with van der Waals surface area (Å²) in [5.41, 5.74) is -0.247. The molecule has 1 aromatic heterocycles. The molecule has 1 rings (SSSR count). The second-order valence-corrected chi connectivity index (χ2v) is 4.62. The number of amides is 2. The number of hydrogen-bond acceptors (Lipinski definition) is 3. The molecule has 1 aromatic rings. The minimum Gasteiger partial charge on any atom is -0.476 e. The monoisotopic (exact) mass is 279 g/mol. The number of nitrogens with one attached hydrogen (secondary N) is 2. The number of pyridine rings is 1. The van der Waals surface area contributed by atoms with Crippen LogP contribution in [0, 0.1) is 0 Å². The Morgan fingerprint density at radius 3 is 2.35 bits per heavy atom. The fourth-order valence-electron chi connectivity index (χ4n) is 2.09. The van der Waals surface area contributed by atoms with Gasteiger partial charge in [-0.2, -0.15) is 0 Å². The molecule has 2 amide bonds. The van der Waals surface area contributed by atoms with E-state index in [4.69, 9.17) is 5.11 Å². The zero-order chi connectivity index (χ0) is 15.2. The van der Waals surface area contributed by atoms with Crippen LogP contribution in [-0.2, 0) is 0 Å². The lowest BCUT2D eigenvalue weighted by molar-refractivity contribution is 0.0692. The van der Waals surface area contributed by atoms with E-state index in [0.717, 1.165) is 19.3 Å². The van der Waals surface area contributed by atoms with E-state index in [1.165, 1.54) is 12.3 Å². The maximum atomic E-state index is 12.0. The normalized spacial score (nSPS) is 10.9. The van der Waals surface area contributed by atoms with Crippen LogP contribution in [0.3, 0.4) is 0 Å². The lowest BCUT2D eigenvalue weighted by Gasteiger charge is -2.31. The molecule has 6 nitrogen and oxygen atoms in total. The summed E-state index contributed by atoms with van der Waals surface area (Å²) < 4.78 is 0. The second-order valence-electron chi connectivity index (χ2n) is 4.62. The molecule has 0 bridgehead atoms. The van der Waals surface area contributed by atoms with E-state index in [1.807, 2.05) is 20.8 Å². The number of carbonyl (C=O) groups excluding carboxylic acids is 1. The van der Waals surface area contributed by atoms with Gasteiger partial charge < -0.3 is 15.7 Å². The topological polar surface area (TPSA) is 91.3 Å². The molecule has 6 heteroatoms. The summed E-state index contributed by atoms with van der Waals surface area (Å²) in [5, 5.41) is 14.5. The Labute approximate surface area is 118 Å². The van der Waals surface area contributed by atoms with Gasteiger partial charge in [0.2, 0.25) is 0 Å². The van der Waals surface area contributed by atoms with Crippen molar-refractivity contribution in [2.24, 2.45) is 0 Å². The van der Waals surface area contributed by atoms with Crippen molar-refractivity contribution in [3.8, 4) is 0 Å². The SMILES string of the molecule is CCC(CC)(CC)NC(=O)Nc1cccnc1C(=O)O. The third-order valence-corrected chi connectivity index (χ3v) is 3.67. The first-order chi connectivity index (χ1) is 9.48. The number of urea groups is 1. The molecule has 0 aliphatic heterocycles. The number of aromatic nitrogens is 1. The molecule has 3 N–H and O–H groups in total. The standard InChI is InChI=1S/C14H21N3O3/c1-4-14(5-2,6-3)17-13(20)16-10-8-7-9-15-11(10)12(18)19/h7-9H,4-6H2,1-3H3,(H,18,19)(H2,16,17,20). The fraction of sp³-hybridized carbons (Fsp3) is 0.500. The van der Waals surface area contributed by atoms with E-state index in [2.05, 4.69) is 15.6 Å². The number of rotatable bonds is 6. The predicted octanol–water partition coefficient (Wildman–Crippen LogP) is 2.87. The maximum absolute atomic E-state index is 12.0. The van der Waals surface area contributed by atoms with E-state index < -0.39 is 12.0 Å². The summed E-state index contributed by atoms with van der Waals surface area (Å²) in [6.45, 7) is 6.04. The minimum atomic E-state index is -1.17. The Balaban J connectivity index is 2.84. The Bertz CT molecular complexity index is 476. The quantitative estimate of drug-likeness (QED) is 0.746. The first-order valence-corrected chi connectivity index (χ1v) is 6.75. The van der Waals surface area contributed by atoms with Crippen LogP contribution in [0.4, 0.5) is 10.5 Å². The molecule has 1 heterocycles. The third-order valence-electron chi connectivity index (χ3n) is 3.67. The highest BCUT2D eigenvalue weighted by Crippen LogP contribution is 2.20. The van der Waals surface area contributed by atoms with Crippen LogP contribution in [-0.4, -0.2) is 27.6 Å². The summed E-state index contributed by atoms with van der Waals surface area (Å²) in [5.74, 6) is -1.17. The zero-order valence-corrected chi connectivity index (χ0v) is 12.1. The molecule has 0 fully saturated rings. The van der Waals surface area contributed by atoms with Crippen molar-refractivity contribution in [3.05, 3.63) is 24.0 Å². The largest absolute Gasteiger partial charge is 0.476 e. The summed E-state index contributed by atoms with van der Waals surface area (Å²) in [6.07, 6.45) is 3.81. The number of nitrogens with zero attached hydrogens (tertiary/aromatic N) is 1.